The first-order chi connectivity index (χ1) is 12.6. The van der Waals surface area contributed by atoms with E-state index in [9.17, 15) is 4.79 Å². The number of nitrogens with zero attached hydrogens (tertiary/aromatic N) is 3. The number of Topliss-reactive ketones (excluding diaryl/α,β-unsaturated/α-hetero) is 1. The van der Waals surface area contributed by atoms with Crippen LogP contribution in [0.1, 0.15) is 67.1 Å². The Balaban J connectivity index is 1.51. The van der Waals surface area contributed by atoms with Crippen molar-refractivity contribution in [1.29, 1.82) is 0 Å². The molecular formula is C21H27N3O2. The maximum atomic E-state index is 11.5. The van der Waals surface area contributed by atoms with Gasteiger partial charge >= 0.3 is 0 Å². The Morgan fingerprint density at radius 2 is 1.88 bits per heavy atom. The second-order valence-corrected chi connectivity index (χ2v) is 7.12. The van der Waals surface area contributed by atoms with Crippen LogP contribution in [-0.4, -0.2) is 27.3 Å². The maximum Gasteiger partial charge on any atom is 0.220 e. The van der Waals surface area contributed by atoms with Gasteiger partial charge in [-0.1, -0.05) is 6.07 Å². The van der Waals surface area contributed by atoms with Crippen molar-refractivity contribution in [2.75, 3.05) is 6.61 Å². The van der Waals surface area contributed by atoms with Gasteiger partial charge in [-0.3, -0.25) is 9.78 Å². The largest absolute Gasteiger partial charge is 0.477 e. The van der Waals surface area contributed by atoms with E-state index in [-0.39, 0.29) is 0 Å². The van der Waals surface area contributed by atoms with E-state index >= 15 is 0 Å². The Morgan fingerprint density at radius 3 is 2.62 bits per heavy atom. The molecule has 1 aliphatic rings. The average molecular weight is 353 g/mol. The Bertz CT molecular complexity index is 733. The quantitative estimate of drug-likeness (QED) is 0.701. The number of aromatic nitrogens is 3. The van der Waals surface area contributed by atoms with E-state index in [1.165, 1.54) is 5.56 Å². The van der Waals surface area contributed by atoms with Crippen LogP contribution in [0.2, 0.25) is 0 Å². The third-order valence-corrected chi connectivity index (χ3v) is 4.92. The lowest BCUT2D eigenvalue weighted by Gasteiger charge is -2.22. The molecule has 0 aliphatic heterocycles. The van der Waals surface area contributed by atoms with E-state index < -0.39 is 0 Å². The molecule has 138 valence electrons. The van der Waals surface area contributed by atoms with E-state index in [4.69, 9.17) is 4.74 Å². The van der Waals surface area contributed by atoms with E-state index in [1.54, 1.807) is 0 Å². The average Bonchev–Trinajstić information content (AvgIpc) is 2.64. The zero-order valence-corrected chi connectivity index (χ0v) is 15.7. The Kier molecular flexibility index (Phi) is 6.31. The molecule has 5 heteroatoms. The Labute approximate surface area is 155 Å². The van der Waals surface area contributed by atoms with Gasteiger partial charge in [0, 0.05) is 36.5 Å². The lowest BCUT2D eigenvalue weighted by atomic mass is 9.84. The van der Waals surface area contributed by atoms with Crippen LogP contribution in [0.15, 0.2) is 24.5 Å². The highest BCUT2D eigenvalue weighted by molar-refractivity contribution is 5.79. The Morgan fingerprint density at radius 1 is 1.08 bits per heavy atom. The number of rotatable bonds is 7. The number of hydrogen-bond acceptors (Lipinski definition) is 5. The predicted octanol–water partition coefficient (Wildman–Crippen LogP) is 4.12. The van der Waals surface area contributed by atoms with Crippen molar-refractivity contribution in [3.05, 3.63) is 47.2 Å². The zero-order chi connectivity index (χ0) is 18.4. The van der Waals surface area contributed by atoms with Gasteiger partial charge < -0.3 is 4.74 Å². The SMILES string of the molecule is Cc1ccc(CCCCOc2nc(C)ncc2C2CCC(=O)CC2)nc1. The Hall–Kier alpha value is -2.30. The van der Waals surface area contributed by atoms with E-state index in [0.717, 1.165) is 49.2 Å². The summed E-state index contributed by atoms with van der Waals surface area (Å²) >= 11 is 0. The summed E-state index contributed by atoms with van der Waals surface area (Å²) in [5.74, 6) is 2.12. The number of hydrogen-bond donors (Lipinski definition) is 0. The lowest BCUT2D eigenvalue weighted by Crippen LogP contribution is -2.15. The summed E-state index contributed by atoms with van der Waals surface area (Å²) in [6, 6.07) is 4.19. The van der Waals surface area contributed by atoms with Crippen LogP contribution < -0.4 is 4.74 Å². The van der Waals surface area contributed by atoms with Gasteiger partial charge in [-0.2, -0.15) is 4.98 Å². The molecule has 0 spiro atoms. The molecule has 0 unspecified atom stereocenters. The molecule has 1 aliphatic carbocycles. The van der Waals surface area contributed by atoms with E-state index in [2.05, 4.69) is 27.1 Å². The molecule has 0 N–H and O–H groups in total. The monoisotopic (exact) mass is 353 g/mol. The van der Waals surface area contributed by atoms with Crippen molar-refractivity contribution in [2.45, 2.75) is 64.7 Å². The molecule has 0 aromatic carbocycles. The molecule has 2 aromatic rings. The molecule has 2 heterocycles. The van der Waals surface area contributed by atoms with Gasteiger partial charge in [0.2, 0.25) is 5.88 Å². The summed E-state index contributed by atoms with van der Waals surface area (Å²) in [6.07, 6.45) is 9.81. The van der Waals surface area contributed by atoms with Crippen LogP contribution in [0.4, 0.5) is 0 Å². The van der Waals surface area contributed by atoms with Gasteiger partial charge in [0.25, 0.3) is 0 Å². The van der Waals surface area contributed by atoms with Crippen LogP contribution in [-0.2, 0) is 11.2 Å². The highest BCUT2D eigenvalue weighted by atomic mass is 16.5. The summed E-state index contributed by atoms with van der Waals surface area (Å²) in [7, 11) is 0. The van der Waals surface area contributed by atoms with Gasteiger partial charge in [0.05, 0.1) is 6.61 Å². The summed E-state index contributed by atoms with van der Waals surface area (Å²) < 4.78 is 6.00. The molecule has 0 amide bonds. The molecule has 0 bridgehead atoms. The molecule has 0 radical (unpaired) electrons. The molecule has 5 nitrogen and oxygen atoms in total. The predicted molar refractivity (Wildman–Crippen MR) is 100 cm³/mol. The minimum absolute atomic E-state index is 0.333. The van der Waals surface area contributed by atoms with Crippen molar-refractivity contribution in [3.8, 4) is 5.88 Å². The molecule has 0 saturated heterocycles. The molecule has 0 atom stereocenters. The third kappa shape index (κ3) is 5.10. The first kappa shape index (κ1) is 18.5. The van der Waals surface area contributed by atoms with Crippen molar-refractivity contribution in [1.82, 2.24) is 15.0 Å². The summed E-state index contributed by atoms with van der Waals surface area (Å²) in [4.78, 5) is 24.8. The second-order valence-electron chi connectivity index (χ2n) is 7.12. The van der Waals surface area contributed by atoms with Gasteiger partial charge in [0.1, 0.15) is 11.6 Å². The van der Waals surface area contributed by atoms with Crippen LogP contribution in [0.25, 0.3) is 0 Å². The maximum absolute atomic E-state index is 11.5. The number of pyridine rings is 1. The number of aryl methyl sites for hydroxylation is 3. The first-order valence-corrected chi connectivity index (χ1v) is 9.51. The van der Waals surface area contributed by atoms with E-state index in [0.29, 0.717) is 37.0 Å². The van der Waals surface area contributed by atoms with Crippen LogP contribution in [0, 0.1) is 13.8 Å². The topological polar surface area (TPSA) is 65.0 Å². The summed E-state index contributed by atoms with van der Waals surface area (Å²) in [6.45, 7) is 4.57. The normalized spacial score (nSPS) is 15.2. The number of ether oxygens (including phenoxy) is 1. The van der Waals surface area contributed by atoms with Crippen molar-refractivity contribution in [3.63, 3.8) is 0 Å². The highest BCUT2D eigenvalue weighted by Crippen LogP contribution is 2.35. The number of ketones is 1. The van der Waals surface area contributed by atoms with Crippen molar-refractivity contribution < 1.29 is 9.53 Å². The van der Waals surface area contributed by atoms with Crippen molar-refractivity contribution >= 4 is 5.78 Å². The second kappa shape index (κ2) is 8.88. The summed E-state index contributed by atoms with van der Waals surface area (Å²) in [5, 5.41) is 0. The third-order valence-electron chi connectivity index (χ3n) is 4.92. The van der Waals surface area contributed by atoms with Crippen LogP contribution >= 0.6 is 0 Å². The van der Waals surface area contributed by atoms with Crippen molar-refractivity contribution in [2.24, 2.45) is 0 Å². The fourth-order valence-electron chi connectivity index (χ4n) is 3.33. The molecular weight excluding hydrogens is 326 g/mol. The fourth-order valence-corrected chi connectivity index (χ4v) is 3.33. The highest BCUT2D eigenvalue weighted by Gasteiger charge is 2.24. The minimum Gasteiger partial charge on any atom is -0.477 e. The van der Waals surface area contributed by atoms with Gasteiger partial charge in [-0.25, -0.2) is 4.98 Å². The van der Waals surface area contributed by atoms with Crippen LogP contribution in [0.3, 0.4) is 0 Å². The number of carbonyl (C=O) groups is 1. The molecule has 1 fully saturated rings. The number of carbonyl (C=O) groups excluding carboxylic acids is 1. The first-order valence-electron chi connectivity index (χ1n) is 9.51. The minimum atomic E-state index is 0.333. The molecule has 2 aromatic heterocycles. The summed E-state index contributed by atoms with van der Waals surface area (Å²) in [5.41, 5.74) is 3.37. The van der Waals surface area contributed by atoms with Gasteiger partial charge in [0.15, 0.2) is 0 Å². The fraction of sp³-hybridized carbons (Fsp3) is 0.524. The van der Waals surface area contributed by atoms with Gasteiger partial charge in [-0.05, 0) is 63.5 Å². The molecule has 3 rings (SSSR count). The molecule has 26 heavy (non-hydrogen) atoms. The molecule has 1 saturated carbocycles. The van der Waals surface area contributed by atoms with E-state index in [1.807, 2.05) is 26.2 Å². The van der Waals surface area contributed by atoms with Gasteiger partial charge in [-0.15, -0.1) is 0 Å². The smallest absolute Gasteiger partial charge is 0.220 e. The number of unbranched alkanes of at least 4 members (excludes halogenated alkanes) is 1. The lowest BCUT2D eigenvalue weighted by molar-refractivity contribution is -0.120. The van der Waals surface area contributed by atoms with Crippen LogP contribution in [0.5, 0.6) is 5.88 Å². The zero-order valence-electron chi connectivity index (χ0n) is 15.7. The standard InChI is InChI=1S/C21H27N3O2/c1-15-6-9-18(23-13-15)5-3-4-12-26-21-20(14-22-16(2)24-21)17-7-10-19(25)11-8-17/h6,9,13-14,17H,3-5,7-8,10-12H2,1-2H3.